The van der Waals surface area contributed by atoms with Crippen molar-refractivity contribution in [2.24, 2.45) is 0 Å². The molecule has 3 aromatic rings. The first kappa shape index (κ1) is 17.6. The van der Waals surface area contributed by atoms with E-state index in [1.54, 1.807) is 48.5 Å². The van der Waals surface area contributed by atoms with E-state index in [1.165, 1.54) is 6.07 Å². The molecule has 0 aliphatic rings. The summed E-state index contributed by atoms with van der Waals surface area (Å²) in [5.74, 6) is 0.853. The zero-order valence-corrected chi connectivity index (χ0v) is 15.1. The molecule has 1 N–H and O–H groups in total. The van der Waals surface area contributed by atoms with Gasteiger partial charge < -0.3 is 10.1 Å². The van der Waals surface area contributed by atoms with E-state index < -0.39 is 0 Å². The van der Waals surface area contributed by atoms with Crippen molar-refractivity contribution < 1.29 is 9.53 Å². The fourth-order valence-electron chi connectivity index (χ4n) is 2.13. The summed E-state index contributed by atoms with van der Waals surface area (Å²) in [6.07, 6.45) is 0. The third kappa shape index (κ3) is 4.45. The molecule has 6 heteroatoms. The van der Waals surface area contributed by atoms with Gasteiger partial charge in [0.2, 0.25) is 0 Å². The van der Waals surface area contributed by atoms with Gasteiger partial charge in [0.25, 0.3) is 5.91 Å². The van der Waals surface area contributed by atoms with Gasteiger partial charge in [0, 0.05) is 10.7 Å². The Morgan fingerprint density at radius 1 is 0.840 bits per heavy atom. The second kappa shape index (κ2) is 7.79. The summed E-state index contributed by atoms with van der Waals surface area (Å²) in [6, 6.07) is 18.9. The fourth-order valence-corrected chi connectivity index (χ4v) is 2.80. The highest BCUT2D eigenvalue weighted by atomic mass is 35.5. The van der Waals surface area contributed by atoms with Gasteiger partial charge in [-0.15, -0.1) is 0 Å². The largest absolute Gasteiger partial charge is 0.456 e. The molecule has 25 heavy (non-hydrogen) atoms. The van der Waals surface area contributed by atoms with Gasteiger partial charge in [-0.25, -0.2) is 0 Å². The predicted molar refractivity (Wildman–Crippen MR) is 102 cm³/mol. The van der Waals surface area contributed by atoms with E-state index in [2.05, 4.69) is 5.32 Å². The summed E-state index contributed by atoms with van der Waals surface area (Å²) in [4.78, 5) is 12.3. The van der Waals surface area contributed by atoms with E-state index >= 15 is 0 Å². The number of amides is 1. The normalized spacial score (nSPS) is 10.4. The molecule has 0 unspecified atom stereocenters. The van der Waals surface area contributed by atoms with Crippen LogP contribution in [-0.2, 0) is 0 Å². The van der Waals surface area contributed by atoms with Gasteiger partial charge in [-0.3, -0.25) is 4.79 Å². The number of benzene rings is 3. The molecule has 0 aliphatic carbocycles. The minimum atomic E-state index is -0.318. The number of carbonyl (C=O) groups is 1. The smallest absolute Gasteiger partial charge is 0.257 e. The molecule has 0 saturated carbocycles. The third-order valence-electron chi connectivity index (χ3n) is 3.35. The van der Waals surface area contributed by atoms with Gasteiger partial charge in [-0.2, -0.15) is 0 Å². The molecule has 3 nitrogen and oxygen atoms in total. The number of halogens is 3. The number of rotatable bonds is 4. The minimum Gasteiger partial charge on any atom is -0.456 e. The van der Waals surface area contributed by atoms with Crippen LogP contribution in [0, 0.1) is 0 Å². The Kier molecular flexibility index (Phi) is 5.49. The summed E-state index contributed by atoms with van der Waals surface area (Å²) in [5.41, 5.74) is 0.963. The molecular formula is C19H12Cl3NO2. The van der Waals surface area contributed by atoms with E-state index in [0.717, 1.165) is 0 Å². The summed E-state index contributed by atoms with van der Waals surface area (Å²) in [5, 5.41) is 4.07. The Hall–Kier alpha value is -2.20. The Balaban J connectivity index is 1.70. The van der Waals surface area contributed by atoms with Crippen molar-refractivity contribution in [2.75, 3.05) is 5.32 Å². The molecular weight excluding hydrogens is 381 g/mol. The van der Waals surface area contributed by atoms with E-state index in [1.807, 2.05) is 12.1 Å². The molecule has 0 bridgehead atoms. The van der Waals surface area contributed by atoms with Crippen LogP contribution >= 0.6 is 34.8 Å². The first-order chi connectivity index (χ1) is 12.0. The van der Waals surface area contributed by atoms with Crippen molar-refractivity contribution in [1.82, 2.24) is 0 Å². The van der Waals surface area contributed by atoms with Crippen LogP contribution in [0.15, 0.2) is 66.7 Å². The van der Waals surface area contributed by atoms with Crippen LogP contribution in [0.5, 0.6) is 11.5 Å². The van der Waals surface area contributed by atoms with Gasteiger partial charge in [0.15, 0.2) is 0 Å². The van der Waals surface area contributed by atoms with Crippen molar-refractivity contribution >= 4 is 46.4 Å². The molecule has 0 radical (unpaired) electrons. The molecule has 0 aliphatic heterocycles. The third-order valence-corrected chi connectivity index (χ3v) is 4.21. The molecule has 3 aromatic carbocycles. The molecule has 0 aromatic heterocycles. The number of carbonyl (C=O) groups excluding carboxylic acids is 1. The molecule has 126 valence electrons. The second-order valence-electron chi connectivity index (χ2n) is 5.14. The topological polar surface area (TPSA) is 38.3 Å². The van der Waals surface area contributed by atoms with Crippen molar-refractivity contribution in [3.63, 3.8) is 0 Å². The Labute approximate surface area is 160 Å². The average Bonchev–Trinajstić information content (AvgIpc) is 2.58. The van der Waals surface area contributed by atoms with Crippen LogP contribution in [0.4, 0.5) is 5.69 Å². The lowest BCUT2D eigenvalue weighted by Crippen LogP contribution is -2.12. The van der Waals surface area contributed by atoms with Gasteiger partial charge in [-0.05, 0) is 54.6 Å². The van der Waals surface area contributed by atoms with Crippen molar-refractivity contribution in [3.05, 3.63) is 87.4 Å². The molecule has 3 rings (SSSR count). The Morgan fingerprint density at radius 3 is 2.24 bits per heavy atom. The molecule has 0 heterocycles. The van der Waals surface area contributed by atoms with E-state index in [9.17, 15) is 4.79 Å². The number of hydrogen-bond donors (Lipinski definition) is 1. The van der Waals surface area contributed by atoms with Crippen molar-refractivity contribution in [2.45, 2.75) is 0 Å². The lowest BCUT2D eigenvalue weighted by molar-refractivity contribution is 0.102. The molecule has 0 fully saturated rings. The summed E-state index contributed by atoms with van der Waals surface area (Å²) in [6.45, 7) is 0. The molecule has 0 spiro atoms. The van der Waals surface area contributed by atoms with Crippen LogP contribution in [0.25, 0.3) is 0 Å². The quantitative estimate of drug-likeness (QED) is 0.537. The Bertz CT molecular complexity index is 911. The SMILES string of the molecule is O=C(Nc1ccc(Oc2ccccc2Cl)cc1)c1ccc(Cl)cc1Cl. The predicted octanol–water partition coefficient (Wildman–Crippen LogP) is 6.69. The van der Waals surface area contributed by atoms with Crippen molar-refractivity contribution in [1.29, 1.82) is 0 Å². The first-order valence-corrected chi connectivity index (χ1v) is 8.45. The number of para-hydroxylation sites is 1. The maximum absolute atomic E-state index is 12.3. The summed E-state index contributed by atoms with van der Waals surface area (Å²) < 4.78 is 5.71. The van der Waals surface area contributed by atoms with Gasteiger partial charge in [-0.1, -0.05) is 46.9 Å². The first-order valence-electron chi connectivity index (χ1n) is 7.32. The maximum atomic E-state index is 12.3. The number of nitrogens with one attached hydrogen (secondary N) is 1. The maximum Gasteiger partial charge on any atom is 0.257 e. The molecule has 1 amide bonds. The Morgan fingerprint density at radius 2 is 1.56 bits per heavy atom. The summed E-state index contributed by atoms with van der Waals surface area (Å²) in [7, 11) is 0. The summed E-state index contributed by atoms with van der Waals surface area (Å²) >= 11 is 17.9. The number of anilines is 1. The van der Waals surface area contributed by atoms with E-state index in [4.69, 9.17) is 39.5 Å². The van der Waals surface area contributed by atoms with Crippen LogP contribution in [0.3, 0.4) is 0 Å². The van der Waals surface area contributed by atoms with Gasteiger partial charge in [0.1, 0.15) is 11.5 Å². The standard InChI is InChI=1S/C19H12Cl3NO2/c20-12-5-10-15(17(22)11-12)19(24)23-13-6-8-14(9-7-13)25-18-4-2-1-3-16(18)21/h1-11H,(H,23,24). The molecule has 0 saturated heterocycles. The van der Waals surface area contributed by atoms with Crippen LogP contribution in [0.1, 0.15) is 10.4 Å². The second-order valence-corrected chi connectivity index (χ2v) is 6.39. The van der Waals surface area contributed by atoms with Gasteiger partial charge >= 0.3 is 0 Å². The highest BCUT2D eigenvalue weighted by molar-refractivity contribution is 6.37. The fraction of sp³-hybridized carbons (Fsp3) is 0. The zero-order chi connectivity index (χ0) is 17.8. The lowest BCUT2D eigenvalue weighted by atomic mass is 10.2. The monoisotopic (exact) mass is 391 g/mol. The average molecular weight is 393 g/mol. The molecule has 0 atom stereocenters. The van der Waals surface area contributed by atoms with Crippen LogP contribution in [0.2, 0.25) is 15.1 Å². The van der Waals surface area contributed by atoms with E-state index in [0.29, 0.717) is 37.8 Å². The zero-order valence-electron chi connectivity index (χ0n) is 12.8. The van der Waals surface area contributed by atoms with E-state index in [-0.39, 0.29) is 5.91 Å². The lowest BCUT2D eigenvalue weighted by Gasteiger charge is -2.10. The minimum absolute atomic E-state index is 0.295. The highest BCUT2D eigenvalue weighted by Gasteiger charge is 2.11. The van der Waals surface area contributed by atoms with Crippen LogP contribution in [-0.4, -0.2) is 5.91 Å². The van der Waals surface area contributed by atoms with Crippen LogP contribution < -0.4 is 10.1 Å². The number of ether oxygens (including phenoxy) is 1. The van der Waals surface area contributed by atoms with Gasteiger partial charge in [0.05, 0.1) is 15.6 Å². The highest BCUT2D eigenvalue weighted by Crippen LogP contribution is 2.29. The number of hydrogen-bond acceptors (Lipinski definition) is 2. The van der Waals surface area contributed by atoms with Crippen molar-refractivity contribution in [3.8, 4) is 11.5 Å².